The van der Waals surface area contributed by atoms with E-state index in [1.54, 1.807) is 13.0 Å². The molecule has 0 saturated heterocycles. The minimum Gasteiger partial charge on any atom is -0.464 e. The van der Waals surface area contributed by atoms with Gasteiger partial charge >= 0.3 is 5.97 Å². The molecule has 1 aromatic rings. The second-order valence-corrected chi connectivity index (χ2v) is 4.49. The SMILES string of the molecule is CCOC(=O)C(O)C(O)c1cc(Br)cc(C=O)c1. The van der Waals surface area contributed by atoms with Crippen LogP contribution in [0.5, 0.6) is 0 Å². The van der Waals surface area contributed by atoms with Crippen LogP contribution in [0.25, 0.3) is 0 Å². The van der Waals surface area contributed by atoms with Crippen molar-refractivity contribution >= 4 is 28.2 Å². The van der Waals surface area contributed by atoms with Crippen LogP contribution in [0.2, 0.25) is 0 Å². The van der Waals surface area contributed by atoms with Crippen molar-refractivity contribution in [1.29, 1.82) is 0 Å². The number of hydrogen-bond acceptors (Lipinski definition) is 5. The molecule has 0 aliphatic rings. The molecular weight excluding hydrogens is 304 g/mol. The van der Waals surface area contributed by atoms with Gasteiger partial charge in [-0.1, -0.05) is 15.9 Å². The van der Waals surface area contributed by atoms with Crippen molar-refractivity contribution in [3.05, 3.63) is 33.8 Å². The number of benzene rings is 1. The Hall–Kier alpha value is -1.24. The molecule has 0 fully saturated rings. The summed E-state index contributed by atoms with van der Waals surface area (Å²) in [6.07, 6.45) is -2.52. The maximum Gasteiger partial charge on any atom is 0.338 e. The highest BCUT2D eigenvalue weighted by molar-refractivity contribution is 9.10. The van der Waals surface area contributed by atoms with E-state index in [0.717, 1.165) is 0 Å². The Bertz CT molecular complexity index is 446. The van der Waals surface area contributed by atoms with Gasteiger partial charge in [0.15, 0.2) is 6.10 Å². The standard InChI is InChI=1S/C12H13BrO5/c1-2-18-12(17)11(16)10(15)8-3-7(6-14)4-9(13)5-8/h3-6,10-11,15-16H,2H2,1H3. The lowest BCUT2D eigenvalue weighted by atomic mass is 10.0. The minimum atomic E-state index is -1.68. The summed E-state index contributed by atoms with van der Waals surface area (Å²) in [6.45, 7) is 1.71. The normalized spacial score (nSPS) is 13.8. The lowest BCUT2D eigenvalue weighted by Crippen LogP contribution is -2.30. The minimum absolute atomic E-state index is 0.112. The van der Waals surface area contributed by atoms with Crippen molar-refractivity contribution in [1.82, 2.24) is 0 Å². The Morgan fingerprint density at radius 3 is 2.67 bits per heavy atom. The Morgan fingerprint density at radius 1 is 1.44 bits per heavy atom. The highest BCUT2D eigenvalue weighted by atomic mass is 79.9. The molecule has 1 rings (SSSR count). The number of aliphatic hydroxyl groups excluding tert-OH is 2. The average molecular weight is 317 g/mol. The van der Waals surface area contributed by atoms with Crippen LogP contribution in [-0.2, 0) is 9.53 Å². The second-order valence-electron chi connectivity index (χ2n) is 3.58. The van der Waals surface area contributed by atoms with Crippen LogP contribution in [0.3, 0.4) is 0 Å². The topological polar surface area (TPSA) is 83.8 Å². The Morgan fingerprint density at radius 2 is 2.11 bits per heavy atom. The van der Waals surface area contributed by atoms with Crippen molar-refractivity contribution < 1.29 is 24.5 Å². The molecule has 0 bridgehead atoms. The van der Waals surface area contributed by atoms with E-state index in [1.807, 2.05) is 0 Å². The van der Waals surface area contributed by atoms with Crippen molar-refractivity contribution in [3.8, 4) is 0 Å². The van der Waals surface area contributed by atoms with Crippen LogP contribution >= 0.6 is 15.9 Å². The predicted molar refractivity (Wildman–Crippen MR) is 67.1 cm³/mol. The largest absolute Gasteiger partial charge is 0.464 e. The Balaban J connectivity index is 2.95. The van der Waals surface area contributed by atoms with Crippen molar-refractivity contribution in [2.75, 3.05) is 6.61 Å². The molecule has 2 atom stereocenters. The quantitative estimate of drug-likeness (QED) is 0.630. The van der Waals surface area contributed by atoms with Gasteiger partial charge in [-0.2, -0.15) is 0 Å². The summed E-state index contributed by atoms with van der Waals surface area (Å²) in [5.74, 6) is -0.905. The summed E-state index contributed by atoms with van der Waals surface area (Å²) in [5.41, 5.74) is 0.585. The number of rotatable bonds is 5. The van der Waals surface area contributed by atoms with E-state index in [4.69, 9.17) is 0 Å². The zero-order chi connectivity index (χ0) is 13.7. The maximum atomic E-state index is 11.3. The molecule has 98 valence electrons. The first-order valence-electron chi connectivity index (χ1n) is 5.28. The molecule has 0 aliphatic carbocycles. The first kappa shape index (κ1) is 14.8. The third-order valence-electron chi connectivity index (χ3n) is 2.25. The number of carbonyl (C=O) groups is 2. The van der Waals surface area contributed by atoms with Crippen molar-refractivity contribution in [3.63, 3.8) is 0 Å². The number of ether oxygens (including phenoxy) is 1. The van der Waals surface area contributed by atoms with Gasteiger partial charge in [-0.3, -0.25) is 4.79 Å². The molecule has 6 heteroatoms. The predicted octanol–water partition coefficient (Wildman–Crippen LogP) is 1.22. The third-order valence-corrected chi connectivity index (χ3v) is 2.71. The number of carbonyl (C=O) groups excluding carboxylic acids is 2. The first-order chi connectivity index (χ1) is 8.49. The molecular formula is C12H13BrO5. The summed E-state index contributed by atoms with van der Waals surface area (Å²) in [7, 11) is 0. The van der Waals surface area contributed by atoms with Gasteiger partial charge in [0.25, 0.3) is 0 Å². The molecule has 18 heavy (non-hydrogen) atoms. The van der Waals surface area contributed by atoms with Gasteiger partial charge < -0.3 is 14.9 Å². The van der Waals surface area contributed by atoms with Crippen LogP contribution in [0.15, 0.2) is 22.7 Å². The van der Waals surface area contributed by atoms with E-state index in [9.17, 15) is 19.8 Å². The van der Waals surface area contributed by atoms with E-state index in [2.05, 4.69) is 20.7 Å². The van der Waals surface area contributed by atoms with Crippen LogP contribution in [0.4, 0.5) is 0 Å². The molecule has 0 heterocycles. The Kier molecular flexibility index (Phi) is 5.46. The molecule has 0 radical (unpaired) electrons. The van der Waals surface area contributed by atoms with Crippen molar-refractivity contribution in [2.24, 2.45) is 0 Å². The second kappa shape index (κ2) is 6.63. The van der Waals surface area contributed by atoms with Gasteiger partial charge in [-0.05, 0) is 30.7 Å². The lowest BCUT2D eigenvalue weighted by molar-refractivity contribution is -0.159. The first-order valence-corrected chi connectivity index (χ1v) is 6.07. The van der Waals surface area contributed by atoms with Gasteiger partial charge in [0.1, 0.15) is 12.4 Å². The van der Waals surface area contributed by atoms with E-state index in [1.165, 1.54) is 12.1 Å². The van der Waals surface area contributed by atoms with Gasteiger partial charge in [0, 0.05) is 10.0 Å². The number of hydrogen-bond donors (Lipinski definition) is 2. The van der Waals surface area contributed by atoms with Gasteiger partial charge in [-0.15, -0.1) is 0 Å². The maximum absolute atomic E-state index is 11.3. The van der Waals surface area contributed by atoms with E-state index in [0.29, 0.717) is 16.3 Å². The van der Waals surface area contributed by atoms with Gasteiger partial charge in [-0.25, -0.2) is 4.79 Å². The van der Waals surface area contributed by atoms with Crippen LogP contribution in [0.1, 0.15) is 28.9 Å². The van der Waals surface area contributed by atoms with Crippen LogP contribution in [-0.4, -0.2) is 35.2 Å². The fourth-order valence-electron chi connectivity index (χ4n) is 1.41. The number of esters is 1. The molecule has 2 N–H and O–H groups in total. The summed E-state index contributed by atoms with van der Waals surface area (Å²) in [5, 5.41) is 19.4. The average Bonchev–Trinajstić information content (AvgIpc) is 2.36. The fourth-order valence-corrected chi connectivity index (χ4v) is 1.94. The molecule has 0 saturated carbocycles. The highest BCUT2D eigenvalue weighted by Gasteiger charge is 2.27. The van der Waals surface area contributed by atoms with Crippen molar-refractivity contribution in [2.45, 2.75) is 19.1 Å². The van der Waals surface area contributed by atoms with E-state index in [-0.39, 0.29) is 12.2 Å². The lowest BCUT2D eigenvalue weighted by Gasteiger charge is -2.17. The number of aldehydes is 1. The summed E-state index contributed by atoms with van der Waals surface area (Å²) in [6, 6.07) is 4.46. The molecule has 1 aromatic carbocycles. The zero-order valence-electron chi connectivity index (χ0n) is 9.67. The van der Waals surface area contributed by atoms with Gasteiger partial charge in [0.05, 0.1) is 6.61 Å². The molecule has 0 aromatic heterocycles. The van der Waals surface area contributed by atoms with Crippen LogP contribution < -0.4 is 0 Å². The van der Waals surface area contributed by atoms with Gasteiger partial charge in [0.2, 0.25) is 0 Å². The molecule has 5 nitrogen and oxygen atoms in total. The summed E-state index contributed by atoms with van der Waals surface area (Å²) < 4.78 is 5.17. The molecule has 2 unspecified atom stereocenters. The molecule has 0 spiro atoms. The monoisotopic (exact) mass is 316 g/mol. The van der Waals surface area contributed by atoms with Crippen LogP contribution in [0, 0.1) is 0 Å². The Labute approximate surface area is 113 Å². The fraction of sp³-hybridized carbons (Fsp3) is 0.333. The highest BCUT2D eigenvalue weighted by Crippen LogP contribution is 2.23. The molecule has 0 aliphatic heterocycles. The zero-order valence-corrected chi connectivity index (χ0v) is 11.3. The smallest absolute Gasteiger partial charge is 0.338 e. The summed E-state index contributed by atoms with van der Waals surface area (Å²) >= 11 is 3.17. The van der Waals surface area contributed by atoms with E-state index < -0.39 is 18.2 Å². The molecule has 0 amide bonds. The third kappa shape index (κ3) is 3.63. The number of aliphatic hydroxyl groups is 2. The van der Waals surface area contributed by atoms with E-state index >= 15 is 0 Å². The number of halogens is 1. The summed E-state index contributed by atoms with van der Waals surface area (Å²) in [4.78, 5) is 22.0.